The summed E-state index contributed by atoms with van der Waals surface area (Å²) in [5, 5.41) is 8.46. The predicted octanol–water partition coefficient (Wildman–Crippen LogP) is 2.36. The van der Waals surface area contributed by atoms with E-state index in [4.69, 9.17) is 19.7 Å². The molecule has 0 saturated carbocycles. The lowest BCUT2D eigenvalue weighted by atomic mass is 10.0. The third-order valence-electron chi connectivity index (χ3n) is 6.39. The number of carbonyl (C=O) groups is 5. The van der Waals surface area contributed by atoms with Gasteiger partial charge in [-0.05, 0) is 44.9 Å². The summed E-state index contributed by atoms with van der Waals surface area (Å²) in [5.74, 6) is -1.60. The second-order valence-corrected chi connectivity index (χ2v) is 10.7. The van der Waals surface area contributed by atoms with Crippen LogP contribution in [0.15, 0.2) is 23.3 Å². The molecule has 3 rings (SSSR count). The Balaban J connectivity index is 1.55. The van der Waals surface area contributed by atoms with Gasteiger partial charge in [0.1, 0.15) is 11.6 Å². The minimum Gasteiger partial charge on any atom is -0.444 e. The molecule has 0 radical (unpaired) electrons. The molecule has 5 amide bonds. The Kier molecular flexibility index (Phi) is 11.7. The number of piperidine rings is 1. The first kappa shape index (κ1) is 32.3. The molecule has 228 valence electrons. The van der Waals surface area contributed by atoms with Gasteiger partial charge in [0.15, 0.2) is 0 Å². The van der Waals surface area contributed by atoms with E-state index in [0.717, 1.165) is 0 Å². The molecule has 1 fully saturated rings. The van der Waals surface area contributed by atoms with Crippen LogP contribution in [0.25, 0.3) is 10.4 Å². The molecule has 2 heterocycles. The smallest absolute Gasteiger partial charge is 0.410 e. The Morgan fingerprint density at radius 2 is 1.88 bits per heavy atom. The van der Waals surface area contributed by atoms with E-state index in [-0.39, 0.29) is 83.0 Å². The molecule has 1 atom stereocenters. The van der Waals surface area contributed by atoms with Gasteiger partial charge in [-0.25, -0.2) is 4.79 Å². The van der Waals surface area contributed by atoms with Crippen LogP contribution in [-0.2, 0) is 35.1 Å². The quantitative estimate of drug-likeness (QED) is 0.109. The molecular weight excluding hydrogens is 550 g/mol. The SMILES string of the molecule is CC(C)(C)OC(=O)N(CCOCCOCCN=[N+]=[N-])CCC(=O)Nc1cccc2c1CN(C1CCC(=O)NC1=O)C2=O. The molecule has 2 N–H and O–H groups in total. The average molecular weight is 588 g/mol. The molecule has 1 saturated heterocycles. The maximum atomic E-state index is 13.0. The molecule has 1 aromatic rings. The van der Waals surface area contributed by atoms with Crippen LogP contribution >= 0.6 is 0 Å². The number of azide groups is 1. The second kappa shape index (κ2) is 15.1. The van der Waals surface area contributed by atoms with Crippen LogP contribution in [-0.4, -0.2) is 97.2 Å². The van der Waals surface area contributed by atoms with Crippen LogP contribution in [0.4, 0.5) is 10.5 Å². The zero-order valence-corrected chi connectivity index (χ0v) is 24.1. The molecule has 15 nitrogen and oxygen atoms in total. The van der Waals surface area contributed by atoms with E-state index in [2.05, 4.69) is 20.7 Å². The van der Waals surface area contributed by atoms with Gasteiger partial charge >= 0.3 is 6.09 Å². The van der Waals surface area contributed by atoms with Gasteiger partial charge in [-0.2, -0.15) is 0 Å². The first-order valence-electron chi connectivity index (χ1n) is 13.7. The summed E-state index contributed by atoms with van der Waals surface area (Å²) in [6.07, 6.45) is -0.251. The van der Waals surface area contributed by atoms with Crippen LogP contribution in [0.3, 0.4) is 0 Å². The Morgan fingerprint density at radius 3 is 2.57 bits per heavy atom. The number of nitrogens with one attached hydrogen (secondary N) is 2. The first-order valence-corrected chi connectivity index (χ1v) is 13.7. The summed E-state index contributed by atoms with van der Waals surface area (Å²) in [6, 6.07) is 4.19. The zero-order valence-electron chi connectivity index (χ0n) is 24.1. The predicted molar refractivity (Wildman–Crippen MR) is 149 cm³/mol. The highest BCUT2D eigenvalue weighted by Crippen LogP contribution is 2.32. The van der Waals surface area contributed by atoms with E-state index < -0.39 is 23.6 Å². The molecule has 1 aromatic carbocycles. The van der Waals surface area contributed by atoms with Gasteiger partial charge in [0, 0.05) is 60.7 Å². The van der Waals surface area contributed by atoms with Crippen molar-refractivity contribution in [2.45, 2.75) is 58.2 Å². The highest BCUT2D eigenvalue weighted by atomic mass is 16.6. The highest BCUT2D eigenvalue weighted by molar-refractivity contribution is 6.06. The molecule has 0 aliphatic carbocycles. The highest BCUT2D eigenvalue weighted by Gasteiger charge is 2.40. The van der Waals surface area contributed by atoms with Gasteiger partial charge < -0.3 is 29.3 Å². The zero-order chi connectivity index (χ0) is 30.7. The Hall–Kier alpha value is -4.20. The lowest BCUT2D eigenvalue weighted by Gasteiger charge is -2.29. The van der Waals surface area contributed by atoms with Gasteiger partial charge in [-0.3, -0.25) is 24.5 Å². The molecule has 0 aromatic heterocycles. The topological polar surface area (TPSA) is 192 Å². The van der Waals surface area contributed by atoms with E-state index in [9.17, 15) is 24.0 Å². The number of amides is 5. The van der Waals surface area contributed by atoms with Crippen molar-refractivity contribution < 1.29 is 38.2 Å². The fourth-order valence-electron chi connectivity index (χ4n) is 4.42. The summed E-state index contributed by atoms with van der Waals surface area (Å²) < 4.78 is 16.3. The first-order chi connectivity index (χ1) is 20.0. The van der Waals surface area contributed by atoms with Crippen LogP contribution < -0.4 is 10.6 Å². The van der Waals surface area contributed by atoms with Crippen molar-refractivity contribution in [2.75, 3.05) is 51.4 Å². The average Bonchev–Trinajstić information content (AvgIpc) is 3.25. The number of rotatable bonds is 14. The van der Waals surface area contributed by atoms with Gasteiger partial charge in [0.25, 0.3) is 5.91 Å². The van der Waals surface area contributed by atoms with Crippen molar-refractivity contribution in [3.05, 3.63) is 39.8 Å². The third kappa shape index (κ3) is 9.43. The normalized spacial score (nSPS) is 16.4. The van der Waals surface area contributed by atoms with Crippen LogP contribution in [0, 0.1) is 0 Å². The third-order valence-corrected chi connectivity index (χ3v) is 6.39. The van der Waals surface area contributed by atoms with Gasteiger partial charge in [-0.1, -0.05) is 11.2 Å². The molecule has 42 heavy (non-hydrogen) atoms. The number of fused-ring (bicyclic) bond motifs is 1. The van der Waals surface area contributed by atoms with Crippen LogP contribution in [0.5, 0.6) is 0 Å². The Morgan fingerprint density at radius 1 is 1.14 bits per heavy atom. The van der Waals surface area contributed by atoms with E-state index in [1.807, 2.05) is 0 Å². The van der Waals surface area contributed by atoms with E-state index >= 15 is 0 Å². The van der Waals surface area contributed by atoms with E-state index in [1.165, 1.54) is 9.80 Å². The summed E-state index contributed by atoms with van der Waals surface area (Å²) in [5.41, 5.74) is 8.92. The summed E-state index contributed by atoms with van der Waals surface area (Å²) in [4.78, 5) is 68.1. The standard InChI is InChI=1S/C27H37N7O8/c1-27(2,3)42-26(39)33(12-14-41-16-15-40-13-10-29-32-28)11-9-23(36)30-20-6-4-5-18-19(20)17-34(25(18)38)21-7-8-22(35)31-24(21)37/h4-6,21H,7-17H2,1-3H3,(H,30,36)(H,31,35,37). The summed E-state index contributed by atoms with van der Waals surface area (Å²) in [7, 11) is 0. The van der Waals surface area contributed by atoms with Crippen molar-refractivity contribution in [2.24, 2.45) is 5.11 Å². The fraction of sp³-hybridized carbons (Fsp3) is 0.593. The fourth-order valence-corrected chi connectivity index (χ4v) is 4.42. The molecular formula is C27H37N7O8. The number of hydrogen-bond acceptors (Lipinski definition) is 9. The number of nitrogens with zero attached hydrogens (tertiary/aromatic N) is 5. The number of ether oxygens (including phenoxy) is 3. The lowest BCUT2D eigenvalue weighted by molar-refractivity contribution is -0.137. The number of hydrogen-bond donors (Lipinski definition) is 2. The largest absolute Gasteiger partial charge is 0.444 e. The van der Waals surface area contributed by atoms with Crippen molar-refractivity contribution >= 4 is 35.4 Å². The van der Waals surface area contributed by atoms with Crippen molar-refractivity contribution in [3.8, 4) is 0 Å². The number of carbonyl (C=O) groups excluding carboxylic acids is 5. The van der Waals surface area contributed by atoms with E-state index in [1.54, 1.807) is 39.0 Å². The molecule has 2 aliphatic heterocycles. The Bertz CT molecular complexity index is 1230. The van der Waals surface area contributed by atoms with E-state index in [0.29, 0.717) is 23.4 Å². The Labute approximate surface area is 243 Å². The minimum atomic E-state index is -0.764. The molecule has 1 unspecified atom stereocenters. The number of imide groups is 1. The van der Waals surface area contributed by atoms with Crippen molar-refractivity contribution in [1.82, 2.24) is 15.1 Å². The lowest BCUT2D eigenvalue weighted by Crippen LogP contribution is -2.52. The van der Waals surface area contributed by atoms with Gasteiger partial charge in [0.2, 0.25) is 17.7 Å². The van der Waals surface area contributed by atoms with Gasteiger partial charge in [0.05, 0.1) is 26.4 Å². The number of anilines is 1. The van der Waals surface area contributed by atoms with Crippen LogP contribution in [0.1, 0.15) is 56.0 Å². The maximum Gasteiger partial charge on any atom is 0.410 e. The monoisotopic (exact) mass is 587 g/mol. The summed E-state index contributed by atoms with van der Waals surface area (Å²) in [6.45, 7) is 6.84. The van der Waals surface area contributed by atoms with Crippen molar-refractivity contribution in [1.29, 1.82) is 0 Å². The molecule has 15 heteroatoms. The van der Waals surface area contributed by atoms with Crippen LogP contribution in [0.2, 0.25) is 0 Å². The van der Waals surface area contributed by atoms with Crippen molar-refractivity contribution in [3.63, 3.8) is 0 Å². The maximum absolute atomic E-state index is 13.0. The minimum absolute atomic E-state index is 0.0454. The molecule has 0 bridgehead atoms. The molecule has 0 spiro atoms. The second-order valence-electron chi connectivity index (χ2n) is 10.7. The summed E-state index contributed by atoms with van der Waals surface area (Å²) >= 11 is 0. The van der Waals surface area contributed by atoms with Gasteiger partial charge in [-0.15, -0.1) is 0 Å². The molecule has 2 aliphatic rings. The number of benzene rings is 1.